The van der Waals surface area contributed by atoms with Crippen LogP contribution in [-0.4, -0.2) is 48.7 Å². The Bertz CT molecular complexity index is 320. The van der Waals surface area contributed by atoms with E-state index in [2.05, 4.69) is 10.2 Å². The zero-order valence-corrected chi connectivity index (χ0v) is 9.39. The van der Waals surface area contributed by atoms with E-state index in [9.17, 15) is 18.0 Å². The number of hydrogen-bond donors (Lipinski definition) is 2. The molecule has 2 fully saturated rings. The number of halogens is 3. The van der Waals surface area contributed by atoms with Crippen LogP contribution in [0, 0.1) is 5.92 Å². The molecule has 17 heavy (non-hydrogen) atoms. The van der Waals surface area contributed by atoms with Gasteiger partial charge in [0.05, 0.1) is 6.54 Å². The number of rotatable bonds is 3. The summed E-state index contributed by atoms with van der Waals surface area (Å²) in [5.41, 5.74) is 4.15. The Kier molecular flexibility index (Phi) is 3.07. The molecule has 2 rings (SSSR count). The number of fused-ring (bicyclic) bond motifs is 2. The summed E-state index contributed by atoms with van der Waals surface area (Å²) in [6, 6.07) is 0. The Morgan fingerprint density at radius 2 is 2.18 bits per heavy atom. The van der Waals surface area contributed by atoms with Gasteiger partial charge in [0.15, 0.2) is 0 Å². The molecule has 0 aromatic heterocycles. The maximum absolute atomic E-state index is 12.3. The zero-order chi connectivity index (χ0) is 12.7. The van der Waals surface area contributed by atoms with E-state index in [1.807, 2.05) is 0 Å². The molecule has 0 saturated carbocycles. The van der Waals surface area contributed by atoms with E-state index >= 15 is 0 Å². The van der Waals surface area contributed by atoms with Gasteiger partial charge in [-0.1, -0.05) is 0 Å². The number of primary amides is 1. The number of nitrogens with zero attached hydrogens (tertiary/aromatic N) is 1. The normalized spacial score (nSPS) is 37.1. The third-order valence-corrected chi connectivity index (χ3v) is 3.84. The molecule has 0 spiro atoms. The second kappa shape index (κ2) is 4.13. The molecular weight excluding hydrogens is 235 g/mol. The molecule has 2 saturated heterocycles. The highest BCUT2D eigenvalue weighted by atomic mass is 19.4. The third kappa shape index (κ3) is 2.40. The van der Waals surface area contributed by atoms with Gasteiger partial charge in [-0.2, -0.15) is 13.2 Å². The average Bonchev–Trinajstić information content (AvgIpc) is 2.60. The highest BCUT2D eigenvalue weighted by molar-refractivity contribution is 5.85. The second-order valence-corrected chi connectivity index (χ2v) is 4.84. The minimum absolute atomic E-state index is 0.101. The van der Waals surface area contributed by atoms with Gasteiger partial charge in [0.25, 0.3) is 0 Å². The molecule has 3 atom stereocenters. The predicted molar refractivity (Wildman–Crippen MR) is 55.1 cm³/mol. The van der Waals surface area contributed by atoms with Crippen LogP contribution in [0.4, 0.5) is 13.2 Å². The van der Waals surface area contributed by atoms with Crippen molar-refractivity contribution in [3.05, 3.63) is 0 Å². The van der Waals surface area contributed by atoms with Crippen molar-refractivity contribution in [2.75, 3.05) is 26.2 Å². The van der Waals surface area contributed by atoms with E-state index in [-0.39, 0.29) is 5.92 Å². The number of piperidine rings is 1. The quantitative estimate of drug-likeness (QED) is 0.747. The lowest BCUT2D eigenvalue weighted by molar-refractivity contribution is -0.140. The number of carbonyl (C=O) groups is 1. The van der Waals surface area contributed by atoms with Crippen molar-refractivity contribution in [1.82, 2.24) is 10.2 Å². The van der Waals surface area contributed by atoms with Crippen LogP contribution in [0.2, 0.25) is 0 Å². The monoisotopic (exact) mass is 251 g/mol. The van der Waals surface area contributed by atoms with Gasteiger partial charge in [-0.15, -0.1) is 0 Å². The fourth-order valence-electron chi connectivity index (χ4n) is 2.88. The summed E-state index contributed by atoms with van der Waals surface area (Å²) in [6.07, 6.45) is -3.23. The summed E-state index contributed by atoms with van der Waals surface area (Å²) in [6.45, 7) is 0.970. The molecule has 98 valence electrons. The number of amides is 1. The van der Waals surface area contributed by atoms with Crippen LogP contribution in [-0.2, 0) is 4.79 Å². The van der Waals surface area contributed by atoms with Crippen LogP contribution in [0.5, 0.6) is 0 Å². The van der Waals surface area contributed by atoms with Gasteiger partial charge < -0.3 is 10.6 Å². The molecule has 2 aliphatic heterocycles. The molecule has 1 amide bonds. The van der Waals surface area contributed by atoms with Crippen molar-refractivity contribution in [3.63, 3.8) is 0 Å². The van der Waals surface area contributed by atoms with Crippen molar-refractivity contribution in [3.8, 4) is 0 Å². The topological polar surface area (TPSA) is 58.4 Å². The van der Waals surface area contributed by atoms with E-state index < -0.39 is 24.2 Å². The van der Waals surface area contributed by atoms with Crippen molar-refractivity contribution in [1.29, 1.82) is 0 Å². The van der Waals surface area contributed by atoms with Crippen LogP contribution in [0.15, 0.2) is 0 Å². The van der Waals surface area contributed by atoms with Gasteiger partial charge >= 0.3 is 6.18 Å². The van der Waals surface area contributed by atoms with E-state index in [0.717, 1.165) is 13.0 Å². The van der Waals surface area contributed by atoms with E-state index in [1.54, 1.807) is 0 Å². The van der Waals surface area contributed by atoms with Gasteiger partial charge in [-0.3, -0.25) is 10.1 Å². The van der Waals surface area contributed by atoms with Gasteiger partial charge in [-0.25, -0.2) is 0 Å². The fraction of sp³-hybridized carbons (Fsp3) is 0.900. The highest BCUT2D eigenvalue weighted by Crippen LogP contribution is 2.36. The molecule has 0 aromatic carbocycles. The SMILES string of the molecule is NC(=O)C1(NCC(F)(F)F)CCN2CCC1C2. The lowest BCUT2D eigenvalue weighted by Gasteiger charge is -2.41. The Labute approximate surface area is 97.3 Å². The number of hydrogen-bond acceptors (Lipinski definition) is 3. The standard InChI is InChI=1S/C10H16F3N3O/c11-10(12,13)6-15-9(8(14)17)2-4-16-3-1-7(9)5-16/h7,15H,1-6H2,(H2,14,17). The van der Waals surface area contributed by atoms with E-state index in [1.165, 1.54) is 0 Å². The minimum Gasteiger partial charge on any atom is -0.368 e. The summed E-state index contributed by atoms with van der Waals surface area (Å²) in [5, 5.41) is 2.38. The fourth-order valence-corrected chi connectivity index (χ4v) is 2.88. The molecule has 0 radical (unpaired) electrons. The minimum atomic E-state index is -4.32. The zero-order valence-electron chi connectivity index (χ0n) is 9.39. The lowest BCUT2D eigenvalue weighted by Crippen LogP contribution is -2.65. The summed E-state index contributed by atoms with van der Waals surface area (Å²) in [4.78, 5) is 13.7. The first-order valence-corrected chi connectivity index (χ1v) is 5.67. The molecular formula is C10H16F3N3O. The third-order valence-electron chi connectivity index (χ3n) is 3.84. The second-order valence-electron chi connectivity index (χ2n) is 4.84. The van der Waals surface area contributed by atoms with Crippen molar-refractivity contribution >= 4 is 5.91 Å². The van der Waals surface area contributed by atoms with Crippen LogP contribution >= 0.6 is 0 Å². The predicted octanol–water partition coefficient (Wildman–Crippen LogP) is 0.0880. The first kappa shape index (κ1) is 12.6. The average molecular weight is 251 g/mol. The lowest BCUT2D eigenvalue weighted by atomic mass is 9.78. The number of alkyl halides is 3. The Morgan fingerprint density at radius 3 is 2.76 bits per heavy atom. The van der Waals surface area contributed by atoms with Crippen LogP contribution < -0.4 is 11.1 Å². The smallest absolute Gasteiger partial charge is 0.368 e. The number of carbonyl (C=O) groups excluding carboxylic acids is 1. The largest absolute Gasteiger partial charge is 0.401 e. The van der Waals surface area contributed by atoms with Crippen molar-refractivity contribution in [2.24, 2.45) is 11.7 Å². The summed E-state index contributed by atoms with van der Waals surface area (Å²) < 4.78 is 36.8. The van der Waals surface area contributed by atoms with Crippen molar-refractivity contribution < 1.29 is 18.0 Å². The van der Waals surface area contributed by atoms with E-state index in [0.29, 0.717) is 19.5 Å². The van der Waals surface area contributed by atoms with Crippen LogP contribution in [0.1, 0.15) is 12.8 Å². The summed E-state index contributed by atoms with van der Waals surface area (Å²) in [5.74, 6) is -0.760. The number of nitrogens with two attached hydrogens (primary N) is 1. The van der Waals surface area contributed by atoms with Crippen LogP contribution in [0.3, 0.4) is 0 Å². The molecule has 3 unspecified atom stereocenters. The maximum Gasteiger partial charge on any atom is 0.401 e. The molecule has 3 N–H and O–H groups in total. The van der Waals surface area contributed by atoms with Gasteiger partial charge in [0.2, 0.25) is 5.91 Å². The van der Waals surface area contributed by atoms with Gasteiger partial charge in [0.1, 0.15) is 5.54 Å². The first-order chi connectivity index (χ1) is 7.83. The Morgan fingerprint density at radius 1 is 1.47 bits per heavy atom. The first-order valence-electron chi connectivity index (χ1n) is 5.67. The molecule has 0 aromatic rings. The number of nitrogens with one attached hydrogen (secondary N) is 1. The summed E-state index contributed by atoms with van der Waals surface area (Å²) in [7, 11) is 0. The molecule has 2 bridgehead atoms. The highest BCUT2D eigenvalue weighted by Gasteiger charge is 2.51. The maximum atomic E-state index is 12.3. The van der Waals surface area contributed by atoms with Crippen LogP contribution in [0.25, 0.3) is 0 Å². The van der Waals surface area contributed by atoms with E-state index in [4.69, 9.17) is 5.73 Å². The van der Waals surface area contributed by atoms with Gasteiger partial charge in [-0.05, 0) is 19.4 Å². The molecule has 7 heteroatoms. The molecule has 2 heterocycles. The Balaban J connectivity index is 2.12. The van der Waals surface area contributed by atoms with Crippen molar-refractivity contribution in [2.45, 2.75) is 24.6 Å². The molecule has 0 aliphatic carbocycles. The Hall–Kier alpha value is -0.820. The molecule has 2 aliphatic rings. The molecule has 4 nitrogen and oxygen atoms in total. The van der Waals surface area contributed by atoms with Gasteiger partial charge in [0, 0.05) is 19.0 Å². The summed E-state index contributed by atoms with van der Waals surface area (Å²) >= 11 is 0.